The number of Topliss-reactive ketones (excluding diaryl/α,β-unsaturated/α-hetero) is 1. The van der Waals surface area contributed by atoms with E-state index in [4.69, 9.17) is 0 Å². The van der Waals surface area contributed by atoms with Crippen molar-refractivity contribution in [1.29, 1.82) is 0 Å². The molecule has 0 atom stereocenters. The molecule has 0 amide bonds. The molecule has 0 aliphatic heterocycles. The number of ketones is 1. The first-order chi connectivity index (χ1) is 7.63. The molecule has 0 radical (unpaired) electrons. The number of aromatic nitrogens is 1. The third-order valence-electron chi connectivity index (χ3n) is 2.59. The first-order valence-corrected chi connectivity index (χ1v) is 6.97. The van der Waals surface area contributed by atoms with Gasteiger partial charge in [-0.3, -0.25) is 0 Å². The maximum atomic E-state index is 11.7. The molecule has 0 N–H and O–H groups in total. The molecule has 16 heavy (non-hydrogen) atoms. The molecule has 0 aliphatic rings. The predicted molar refractivity (Wildman–Crippen MR) is 65.4 cm³/mol. The van der Waals surface area contributed by atoms with Gasteiger partial charge in [0.25, 0.3) is 0 Å². The van der Waals surface area contributed by atoms with Crippen LogP contribution in [0.25, 0.3) is 9.78 Å². The Morgan fingerprint density at radius 2 is 2.19 bits per heavy atom. The monoisotopic (exact) mass is 283 g/mol. The molecule has 2 aromatic rings. The van der Waals surface area contributed by atoms with E-state index in [0.717, 1.165) is 21.8 Å². The molecular weight excluding hydrogens is 269 g/mol. The van der Waals surface area contributed by atoms with E-state index in [2.05, 4.69) is 0 Å². The second kappa shape index (κ2) is 4.40. The Bertz CT molecular complexity index is 595. The van der Waals surface area contributed by atoms with Crippen molar-refractivity contribution in [3.8, 4) is 0 Å². The van der Waals surface area contributed by atoms with Crippen LogP contribution in [0.15, 0.2) is 23.0 Å². The molecule has 0 unspecified atom stereocenters. The number of fused-ring (bicyclic) bond motifs is 1. The van der Waals surface area contributed by atoms with Gasteiger partial charge >= 0.3 is 99.2 Å². The zero-order valence-corrected chi connectivity index (χ0v) is 11.0. The van der Waals surface area contributed by atoms with Crippen LogP contribution in [0.2, 0.25) is 0 Å². The van der Waals surface area contributed by atoms with Crippen molar-refractivity contribution in [2.24, 2.45) is 7.05 Å². The first-order valence-electron chi connectivity index (χ1n) is 5.26. The van der Waals surface area contributed by atoms with E-state index in [1.807, 2.05) is 25.1 Å². The van der Waals surface area contributed by atoms with Crippen LogP contribution in [0.3, 0.4) is 0 Å². The summed E-state index contributed by atoms with van der Waals surface area (Å²) in [5, 5.41) is 0. The summed E-state index contributed by atoms with van der Waals surface area (Å²) in [5.74, 6) is 0.170. The second-order valence-electron chi connectivity index (χ2n) is 3.78. The van der Waals surface area contributed by atoms with Crippen molar-refractivity contribution in [3.05, 3.63) is 33.0 Å². The van der Waals surface area contributed by atoms with Gasteiger partial charge in [0, 0.05) is 0 Å². The standard InChI is InChI=1S/C12H13NO2Se/c1-3-4-10(14)8-5-6-9-11(7-8)16-12(15)13(9)2/h5-7H,3-4H2,1-2H3. The summed E-state index contributed by atoms with van der Waals surface area (Å²) >= 11 is -0.160. The SMILES string of the molecule is CCCC(=O)c1ccc2c(c1)[se]c(=O)n2C. The summed E-state index contributed by atoms with van der Waals surface area (Å²) in [6, 6.07) is 5.58. The molecule has 0 spiro atoms. The Hall–Kier alpha value is -1.12. The van der Waals surface area contributed by atoms with Crippen molar-refractivity contribution in [2.45, 2.75) is 19.8 Å². The molecule has 0 bridgehead atoms. The van der Waals surface area contributed by atoms with Crippen LogP contribution in [0.5, 0.6) is 0 Å². The van der Waals surface area contributed by atoms with Crippen molar-refractivity contribution in [2.75, 3.05) is 0 Å². The summed E-state index contributed by atoms with van der Waals surface area (Å²) in [6.07, 6.45) is 1.44. The van der Waals surface area contributed by atoms with Crippen molar-refractivity contribution < 1.29 is 4.79 Å². The van der Waals surface area contributed by atoms with E-state index in [0.29, 0.717) is 6.42 Å². The van der Waals surface area contributed by atoms with E-state index >= 15 is 0 Å². The molecule has 0 aliphatic carbocycles. The zero-order chi connectivity index (χ0) is 11.7. The second-order valence-corrected chi connectivity index (χ2v) is 5.87. The molecule has 3 nitrogen and oxygen atoms in total. The van der Waals surface area contributed by atoms with Crippen LogP contribution >= 0.6 is 0 Å². The molecule has 0 fully saturated rings. The molecule has 1 aromatic carbocycles. The third kappa shape index (κ3) is 1.91. The number of hydrogen-bond acceptors (Lipinski definition) is 2. The molecule has 0 saturated heterocycles. The number of nitrogens with zero attached hydrogens (tertiary/aromatic N) is 1. The Kier molecular flexibility index (Phi) is 3.12. The molecule has 1 aromatic heterocycles. The predicted octanol–water partition coefficient (Wildman–Crippen LogP) is 1.58. The van der Waals surface area contributed by atoms with Crippen LogP contribution in [0.1, 0.15) is 30.1 Å². The van der Waals surface area contributed by atoms with Gasteiger partial charge in [0.2, 0.25) is 0 Å². The van der Waals surface area contributed by atoms with E-state index in [9.17, 15) is 9.59 Å². The molecule has 2 rings (SSSR count). The van der Waals surface area contributed by atoms with Gasteiger partial charge in [0.15, 0.2) is 0 Å². The van der Waals surface area contributed by atoms with Gasteiger partial charge < -0.3 is 0 Å². The van der Waals surface area contributed by atoms with Crippen molar-refractivity contribution in [1.82, 2.24) is 4.57 Å². The fourth-order valence-electron chi connectivity index (χ4n) is 1.68. The molecule has 1 heterocycles. The fourth-order valence-corrected chi connectivity index (χ4v) is 3.61. The van der Waals surface area contributed by atoms with Gasteiger partial charge in [-0.2, -0.15) is 0 Å². The van der Waals surface area contributed by atoms with Gasteiger partial charge in [0.05, 0.1) is 0 Å². The number of aryl methyl sites for hydroxylation is 1. The first kappa shape index (κ1) is 11.4. The fraction of sp³-hybridized carbons (Fsp3) is 0.333. The van der Waals surface area contributed by atoms with Gasteiger partial charge in [-0.05, 0) is 0 Å². The van der Waals surface area contributed by atoms with Crippen LogP contribution in [-0.4, -0.2) is 24.9 Å². The summed E-state index contributed by atoms with van der Waals surface area (Å²) in [6.45, 7) is 1.99. The van der Waals surface area contributed by atoms with Crippen LogP contribution < -0.4 is 4.43 Å². The van der Waals surface area contributed by atoms with Gasteiger partial charge in [-0.15, -0.1) is 0 Å². The van der Waals surface area contributed by atoms with Crippen molar-refractivity contribution in [3.63, 3.8) is 0 Å². The Balaban J connectivity index is 2.52. The average Bonchev–Trinajstić information content (AvgIpc) is 2.55. The maximum absolute atomic E-state index is 11.7. The summed E-state index contributed by atoms with van der Waals surface area (Å²) < 4.78 is 2.85. The summed E-state index contributed by atoms with van der Waals surface area (Å²) in [7, 11) is 1.78. The number of benzene rings is 1. The Labute approximate surface area is 99.4 Å². The van der Waals surface area contributed by atoms with Crippen LogP contribution in [0, 0.1) is 0 Å². The summed E-state index contributed by atoms with van der Waals surface area (Å²) in [5.41, 5.74) is 1.70. The van der Waals surface area contributed by atoms with Gasteiger partial charge in [-0.25, -0.2) is 0 Å². The van der Waals surface area contributed by atoms with Gasteiger partial charge in [-0.1, -0.05) is 0 Å². The average molecular weight is 282 g/mol. The minimum atomic E-state index is -0.160. The van der Waals surface area contributed by atoms with E-state index in [1.165, 1.54) is 0 Å². The molecule has 84 valence electrons. The Morgan fingerprint density at radius 3 is 2.88 bits per heavy atom. The van der Waals surface area contributed by atoms with Crippen molar-refractivity contribution >= 4 is 30.1 Å². The zero-order valence-electron chi connectivity index (χ0n) is 9.32. The van der Waals surface area contributed by atoms with Crippen LogP contribution in [0.4, 0.5) is 0 Å². The van der Waals surface area contributed by atoms with E-state index in [-0.39, 0.29) is 24.7 Å². The normalized spacial score (nSPS) is 10.9. The summed E-state index contributed by atoms with van der Waals surface area (Å²) in [4.78, 5) is 23.2. The third-order valence-corrected chi connectivity index (χ3v) is 4.68. The minimum absolute atomic E-state index is 0.155. The topological polar surface area (TPSA) is 39.1 Å². The molecular formula is C12H13NO2Se. The number of hydrogen-bond donors (Lipinski definition) is 0. The van der Waals surface area contributed by atoms with E-state index < -0.39 is 0 Å². The van der Waals surface area contributed by atoms with Crippen LogP contribution in [-0.2, 0) is 7.05 Å². The number of carbonyl (C=O) groups excluding carboxylic acids is 1. The quantitative estimate of drug-likeness (QED) is 0.633. The van der Waals surface area contributed by atoms with Gasteiger partial charge in [0.1, 0.15) is 0 Å². The number of rotatable bonds is 3. The van der Waals surface area contributed by atoms with E-state index in [1.54, 1.807) is 11.6 Å². The Morgan fingerprint density at radius 1 is 1.44 bits per heavy atom. The molecule has 0 saturated carbocycles. The number of carbonyl (C=O) groups is 1. The molecule has 4 heteroatoms.